The molecule has 0 aromatic rings. The third-order valence-corrected chi connectivity index (χ3v) is 3.87. The minimum atomic E-state index is -0.971. The molecule has 1 fully saturated rings. The smallest absolute Gasteiger partial charge is 0.326 e. The highest BCUT2D eigenvalue weighted by molar-refractivity contribution is 5.82. The summed E-state index contributed by atoms with van der Waals surface area (Å²) in [6, 6.07) is -1.17. The predicted molar refractivity (Wildman–Crippen MR) is 78.6 cm³/mol. The molecule has 5 nitrogen and oxygen atoms in total. The molecule has 2 amide bonds. The van der Waals surface area contributed by atoms with Crippen LogP contribution in [0.4, 0.5) is 4.79 Å². The number of aliphatic carboxylic acids is 1. The molecular weight excluding hydrogens is 256 g/mol. The summed E-state index contributed by atoms with van der Waals surface area (Å²) in [7, 11) is 0. The Balaban J connectivity index is 2.21. The molecule has 1 saturated carbocycles. The van der Waals surface area contributed by atoms with Crippen molar-refractivity contribution in [3.05, 3.63) is 0 Å². The number of rotatable bonds is 7. The van der Waals surface area contributed by atoms with E-state index in [2.05, 4.69) is 10.6 Å². The minimum Gasteiger partial charge on any atom is -0.480 e. The van der Waals surface area contributed by atoms with Crippen molar-refractivity contribution in [2.24, 2.45) is 11.8 Å². The molecule has 1 aliphatic rings. The van der Waals surface area contributed by atoms with Crippen LogP contribution in [0.1, 0.15) is 58.8 Å². The second-order valence-electron chi connectivity index (χ2n) is 6.21. The van der Waals surface area contributed by atoms with E-state index in [4.69, 9.17) is 5.11 Å². The van der Waals surface area contributed by atoms with Crippen molar-refractivity contribution in [3.8, 4) is 0 Å². The number of hydrogen-bond acceptors (Lipinski definition) is 2. The molecule has 0 saturated heterocycles. The lowest BCUT2D eigenvalue weighted by Gasteiger charge is -2.22. The summed E-state index contributed by atoms with van der Waals surface area (Å²) < 4.78 is 0. The zero-order chi connectivity index (χ0) is 15.0. The zero-order valence-electron chi connectivity index (χ0n) is 12.7. The van der Waals surface area contributed by atoms with Gasteiger partial charge in [0.2, 0.25) is 0 Å². The third kappa shape index (κ3) is 6.78. The van der Waals surface area contributed by atoms with E-state index in [9.17, 15) is 9.59 Å². The van der Waals surface area contributed by atoms with Gasteiger partial charge in [0.15, 0.2) is 0 Å². The maximum atomic E-state index is 11.7. The van der Waals surface area contributed by atoms with E-state index in [1.165, 1.54) is 32.1 Å². The van der Waals surface area contributed by atoms with Crippen LogP contribution < -0.4 is 10.6 Å². The van der Waals surface area contributed by atoms with Gasteiger partial charge in [0, 0.05) is 6.54 Å². The molecule has 1 rings (SSSR count). The van der Waals surface area contributed by atoms with Gasteiger partial charge in [-0.3, -0.25) is 0 Å². The highest BCUT2D eigenvalue weighted by Crippen LogP contribution is 2.25. The first-order valence-corrected chi connectivity index (χ1v) is 7.76. The molecule has 5 heteroatoms. The lowest BCUT2D eigenvalue weighted by molar-refractivity contribution is -0.139. The molecule has 0 spiro atoms. The first kappa shape index (κ1) is 16.8. The first-order chi connectivity index (χ1) is 9.49. The quantitative estimate of drug-likeness (QED) is 0.672. The molecular formula is C15H28N2O3. The summed E-state index contributed by atoms with van der Waals surface area (Å²) in [5.74, 6) is -0.0187. The summed E-state index contributed by atoms with van der Waals surface area (Å²) in [4.78, 5) is 22.7. The lowest BCUT2D eigenvalue weighted by atomic mass is 9.87. The van der Waals surface area contributed by atoms with Crippen molar-refractivity contribution < 1.29 is 14.7 Å². The van der Waals surface area contributed by atoms with Crippen LogP contribution >= 0.6 is 0 Å². The standard InChI is InChI=1S/C15H28N2O3/c1-11(2)10-13(14(18)19)17-15(20)16-9-8-12-6-4-3-5-7-12/h11-13H,3-10H2,1-2H3,(H,18,19)(H2,16,17,20). The Morgan fingerprint density at radius 3 is 2.40 bits per heavy atom. The van der Waals surface area contributed by atoms with Crippen LogP contribution in [0.5, 0.6) is 0 Å². The SMILES string of the molecule is CC(C)CC(NC(=O)NCCC1CCCCC1)C(=O)O. The zero-order valence-corrected chi connectivity index (χ0v) is 12.7. The normalized spacial score (nSPS) is 17.8. The van der Waals surface area contributed by atoms with Crippen molar-refractivity contribution in [2.75, 3.05) is 6.54 Å². The van der Waals surface area contributed by atoms with Gasteiger partial charge in [-0.25, -0.2) is 9.59 Å². The fourth-order valence-corrected chi connectivity index (χ4v) is 2.77. The average Bonchev–Trinajstić information content (AvgIpc) is 2.38. The summed E-state index contributed by atoms with van der Waals surface area (Å²) >= 11 is 0. The van der Waals surface area contributed by atoms with E-state index >= 15 is 0 Å². The molecule has 116 valence electrons. The minimum absolute atomic E-state index is 0.235. The molecule has 20 heavy (non-hydrogen) atoms. The monoisotopic (exact) mass is 284 g/mol. The van der Waals surface area contributed by atoms with Crippen LogP contribution in [0, 0.1) is 11.8 Å². The van der Waals surface area contributed by atoms with E-state index in [1.807, 2.05) is 13.8 Å². The van der Waals surface area contributed by atoms with E-state index in [0.717, 1.165) is 12.3 Å². The van der Waals surface area contributed by atoms with E-state index in [0.29, 0.717) is 13.0 Å². The van der Waals surface area contributed by atoms with Gasteiger partial charge < -0.3 is 15.7 Å². The number of carboxylic acids is 1. The molecule has 0 aliphatic heterocycles. The Bertz CT molecular complexity index is 312. The number of carbonyl (C=O) groups excluding carboxylic acids is 1. The predicted octanol–water partition coefficient (Wildman–Crippen LogP) is 2.76. The molecule has 0 heterocycles. The molecule has 1 aliphatic carbocycles. The second kappa shape index (κ2) is 8.82. The van der Waals surface area contributed by atoms with Crippen molar-refractivity contribution >= 4 is 12.0 Å². The Labute approximate surface area is 121 Å². The number of carbonyl (C=O) groups is 2. The molecule has 3 N–H and O–H groups in total. The summed E-state index contributed by atoms with van der Waals surface area (Å²) in [6.45, 7) is 4.52. The van der Waals surface area contributed by atoms with Crippen molar-refractivity contribution in [2.45, 2.75) is 64.8 Å². The Hall–Kier alpha value is -1.26. The number of hydrogen-bond donors (Lipinski definition) is 3. The van der Waals surface area contributed by atoms with Gasteiger partial charge in [0.25, 0.3) is 0 Å². The molecule has 0 aromatic heterocycles. The van der Waals surface area contributed by atoms with Crippen LogP contribution in [-0.2, 0) is 4.79 Å². The van der Waals surface area contributed by atoms with Gasteiger partial charge in [-0.15, -0.1) is 0 Å². The van der Waals surface area contributed by atoms with Gasteiger partial charge in [0.1, 0.15) is 6.04 Å². The van der Waals surface area contributed by atoms with Crippen molar-refractivity contribution in [1.29, 1.82) is 0 Å². The van der Waals surface area contributed by atoms with Gasteiger partial charge in [-0.2, -0.15) is 0 Å². The summed E-state index contributed by atoms with van der Waals surface area (Å²) in [5.41, 5.74) is 0. The first-order valence-electron chi connectivity index (χ1n) is 7.76. The molecule has 0 bridgehead atoms. The van der Waals surface area contributed by atoms with Gasteiger partial charge in [-0.1, -0.05) is 46.0 Å². The highest BCUT2D eigenvalue weighted by atomic mass is 16.4. The topological polar surface area (TPSA) is 78.4 Å². The summed E-state index contributed by atoms with van der Waals surface area (Å²) in [5, 5.41) is 14.4. The Morgan fingerprint density at radius 1 is 1.20 bits per heavy atom. The van der Waals surface area contributed by atoms with Crippen molar-refractivity contribution in [3.63, 3.8) is 0 Å². The number of amides is 2. The second-order valence-corrected chi connectivity index (χ2v) is 6.21. The largest absolute Gasteiger partial charge is 0.480 e. The van der Waals surface area contributed by atoms with Crippen LogP contribution in [0.3, 0.4) is 0 Å². The molecule has 1 atom stereocenters. The summed E-state index contributed by atoms with van der Waals surface area (Å²) in [6.07, 6.45) is 7.89. The lowest BCUT2D eigenvalue weighted by Crippen LogP contribution is -2.46. The van der Waals surface area contributed by atoms with Gasteiger partial charge in [-0.05, 0) is 24.7 Å². The fraction of sp³-hybridized carbons (Fsp3) is 0.867. The molecule has 1 unspecified atom stereocenters. The molecule has 0 aromatic carbocycles. The number of urea groups is 1. The van der Waals surface area contributed by atoms with Crippen LogP contribution in [0.15, 0.2) is 0 Å². The highest BCUT2D eigenvalue weighted by Gasteiger charge is 2.21. The Morgan fingerprint density at radius 2 is 1.85 bits per heavy atom. The maximum absolute atomic E-state index is 11.7. The molecule has 0 radical (unpaired) electrons. The van der Waals surface area contributed by atoms with Crippen LogP contribution in [0.2, 0.25) is 0 Å². The number of carboxylic acid groups (broad SMARTS) is 1. The Kier molecular flexibility index (Phi) is 7.41. The van der Waals surface area contributed by atoms with Crippen molar-refractivity contribution in [1.82, 2.24) is 10.6 Å². The van der Waals surface area contributed by atoms with E-state index in [-0.39, 0.29) is 11.9 Å². The van der Waals surface area contributed by atoms with Crippen LogP contribution in [-0.4, -0.2) is 29.7 Å². The van der Waals surface area contributed by atoms with Gasteiger partial charge >= 0.3 is 12.0 Å². The fourth-order valence-electron chi connectivity index (χ4n) is 2.77. The van der Waals surface area contributed by atoms with Crippen LogP contribution in [0.25, 0.3) is 0 Å². The number of nitrogens with one attached hydrogen (secondary N) is 2. The van der Waals surface area contributed by atoms with E-state index < -0.39 is 12.0 Å². The van der Waals surface area contributed by atoms with E-state index in [1.54, 1.807) is 0 Å². The average molecular weight is 284 g/mol. The maximum Gasteiger partial charge on any atom is 0.326 e. The van der Waals surface area contributed by atoms with Gasteiger partial charge in [0.05, 0.1) is 0 Å². The third-order valence-electron chi connectivity index (χ3n) is 3.87.